The molecule has 1 heterocycles. The number of rotatable bonds is 2. The standard InChI is InChI=1S/C11H22N2O/c1-7(2)10-11(8(3)4)13(5)6-9(14)12-10/h7-9,12,14H,6H2,1-5H3. The summed E-state index contributed by atoms with van der Waals surface area (Å²) in [5.74, 6) is 0.933. The summed E-state index contributed by atoms with van der Waals surface area (Å²) in [6, 6.07) is 0. The lowest BCUT2D eigenvalue weighted by molar-refractivity contribution is 0.0914. The van der Waals surface area contributed by atoms with Crippen molar-refractivity contribution in [2.45, 2.75) is 33.9 Å². The van der Waals surface area contributed by atoms with Crippen LogP contribution in [-0.4, -0.2) is 29.8 Å². The molecule has 0 radical (unpaired) electrons. The number of hydrogen-bond acceptors (Lipinski definition) is 3. The van der Waals surface area contributed by atoms with Gasteiger partial charge in [-0.1, -0.05) is 27.7 Å². The van der Waals surface area contributed by atoms with Crippen molar-refractivity contribution >= 4 is 0 Å². The summed E-state index contributed by atoms with van der Waals surface area (Å²) in [7, 11) is 2.04. The van der Waals surface area contributed by atoms with Crippen molar-refractivity contribution in [3.8, 4) is 0 Å². The number of allylic oxidation sites excluding steroid dienone is 2. The predicted molar refractivity (Wildman–Crippen MR) is 58.5 cm³/mol. The van der Waals surface area contributed by atoms with E-state index in [1.165, 1.54) is 11.4 Å². The van der Waals surface area contributed by atoms with Crippen LogP contribution in [-0.2, 0) is 0 Å². The van der Waals surface area contributed by atoms with E-state index in [0.29, 0.717) is 18.4 Å². The Morgan fingerprint density at radius 3 is 2.29 bits per heavy atom. The Morgan fingerprint density at radius 1 is 1.29 bits per heavy atom. The zero-order valence-corrected chi connectivity index (χ0v) is 9.83. The van der Waals surface area contributed by atoms with E-state index >= 15 is 0 Å². The van der Waals surface area contributed by atoms with Crippen LogP contribution in [0.3, 0.4) is 0 Å². The topological polar surface area (TPSA) is 35.5 Å². The van der Waals surface area contributed by atoms with Gasteiger partial charge in [0.2, 0.25) is 0 Å². The first-order valence-electron chi connectivity index (χ1n) is 5.33. The zero-order chi connectivity index (χ0) is 10.9. The van der Waals surface area contributed by atoms with Crippen molar-refractivity contribution in [3.05, 3.63) is 11.4 Å². The van der Waals surface area contributed by atoms with Crippen LogP contribution in [0.25, 0.3) is 0 Å². The maximum Gasteiger partial charge on any atom is 0.141 e. The van der Waals surface area contributed by atoms with Crippen molar-refractivity contribution in [3.63, 3.8) is 0 Å². The van der Waals surface area contributed by atoms with Gasteiger partial charge in [0, 0.05) is 18.4 Å². The van der Waals surface area contributed by atoms with Crippen molar-refractivity contribution in [1.82, 2.24) is 10.2 Å². The van der Waals surface area contributed by atoms with Gasteiger partial charge in [-0.05, 0) is 11.8 Å². The molecule has 0 saturated heterocycles. The predicted octanol–water partition coefficient (Wildman–Crippen LogP) is 1.36. The number of β-amino-alcohol motifs (C(OH)–C–C–N with tert-alkyl or cyclic N) is 1. The molecule has 0 saturated carbocycles. The monoisotopic (exact) mass is 198 g/mol. The molecular weight excluding hydrogens is 176 g/mol. The summed E-state index contributed by atoms with van der Waals surface area (Å²) in [5.41, 5.74) is 2.51. The molecular formula is C11H22N2O. The molecule has 3 nitrogen and oxygen atoms in total. The number of nitrogens with one attached hydrogen (secondary N) is 1. The summed E-state index contributed by atoms with van der Waals surface area (Å²) < 4.78 is 0. The van der Waals surface area contributed by atoms with E-state index in [-0.39, 0.29) is 0 Å². The highest BCUT2D eigenvalue weighted by Gasteiger charge is 2.25. The maximum absolute atomic E-state index is 9.61. The Balaban J connectivity index is 3.02. The fourth-order valence-corrected chi connectivity index (χ4v) is 2.08. The Labute approximate surface area is 86.8 Å². The molecule has 0 aliphatic carbocycles. The van der Waals surface area contributed by atoms with Crippen LogP contribution >= 0.6 is 0 Å². The van der Waals surface area contributed by atoms with E-state index in [1.54, 1.807) is 0 Å². The highest BCUT2D eigenvalue weighted by atomic mass is 16.3. The maximum atomic E-state index is 9.61. The molecule has 2 N–H and O–H groups in total. The molecule has 0 aromatic heterocycles. The minimum Gasteiger partial charge on any atom is -0.372 e. The number of aliphatic hydroxyl groups is 1. The van der Waals surface area contributed by atoms with Gasteiger partial charge in [0.05, 0.1) is 6.54 Å². The average Bonchev–Trinajstić information content (AvgIpc) is 2.01. The SMILES string of the molecule is CC(C)C1=C(C(C)C)N(C)CC(O)N1. The molecule has 1 atom stereocenters. The molecule has 1 unspecified atom stereocenters. The highest BCUT2D eigenvalue weighted by molar-refractivity contribution is 5.18. The Kier molecular flexibility index (Phi) is 3.43. The number of aliphatic hydroxyl groups excluding tert-OH is 1. The van der Waals surface area contributed by atoms with Crippen molar-refractivity contribution in [2.24, 2.45) is 11.8 Å². The summed E-state index contributed by atoms with van der Waals surface area (Å²) in [6.07, 6.45) is -0.431. The van der Waals surface area contributed by atoms with E-state index < -0.39 is 6.23 Å². The Hall–Kier alpha value is -0.700. The lowest BCUT2D eigenvalue weighted by Gasteiger charge is -2.38. The molecule has 1 aliphatic heterocycles. The molecule has 0 aromatic rings. The van der Waals surface area contributed by atoms with E-state index in [0.717, 1.165) is 0 Å². The van der Waals surface area contributed by atoms with Crippen LogP contribution in [0.4, 0.5) is 0 Å². The first-order chi connectivity index (χ1) is 6.43. The summed E-state index contributed by atoms with van der Waals surface area (Å²) in [6.45, 7) is 9.35. The minimum absolute atomic E-state index is 0.431. The third-order valence-corrected chi connectivity index (χ3v) is 2.58. The number of likely N-dealkylation sites (N-methyl/N-ethyl adjacent to an activating group) is 1. The van der Waals surface area contributed by atoms with Gasteiger partial charge in [0.15, 0.2) is 0 Å². The van der Waals surface area contributed by atoms with Crippen LogP contribution < -0.4 is 5.32 Å². The van der Waals surface area contributed by atoms with Gasteiger partial charge in [-0.3, -0.25) is 0 Å². The zero-order valence-electron chi connectivity index (χ0n) is 9.83. The average molecular weight is 198 g/mol. The van der Waals surface area contributed by atoms with Gasteiger partial charge in [0.1, 0.15) is 6.23 Å². The molecule has 1 rings (SSSR count). The van der Waals surface area contributed by atoms with E-state index in [1.807, 2.05) is 7.05 Å². The van der Waals surface area contributed by atoms with Gasteiger partial charge in [0.25, 0.3) is 0 Å². The fourth-order valence-electron chi connectivity index (χ4n) is 2.08. The van der Waals surface area contributed by atoms with E-state index in [2.05, 4.69) is 37.9 Å². The van der Waals surface area contributed by atoms with Crippen LogP contribution in [0.15, 0.2) is 11.4 Å². The number of nitrogens with zero attached hydrogens (tertiary/aromatic N) is 1. The van der Waals surface area contributed by atoms with Crippen molar-refractivity contribution in [2.75, 3.05) is 13.6 Å². The molecule has 0 aromatic carbocycles. The third-order valence-electron chi connectivity index (χ3n) is 2.58. The van der Waals surface area contributed by atoms with Crippen LogP contribution in [0.1, 0.15) is 27.7 Å². The van der Waals surface area contributed by atoms with Gasteiger partial charge >= 0.3 is 0 Å². The van der Waals surface area contributed by atoms with Gasteiger partial charge in [-0.15, -0.1) is 0 Å². The molecule has 1 aliphatic rings. The third kappa shape index (κ3) is 2.21. The lowest BCUT2D eigenvalue weighted by Crippen LogP contribution is -2.47. The lowest BCUT2D eigenvalue weighted by atomic mass is 9.98. The van der Waals surface area contributed by atoms with Crippen molar-refractivity contribution < 1.29 is 5.11 Å². The largest absolute Gasteiger partial charge is 0.372 e. The summed E-state index contributed by atoms with van der Waals surface area (Å²) >= 11 is 0. The minimum atomic E-state index is -0.431. The molecule has 0 spiro atoms. The second kappa shape index (κ2) is 4.22. The van der Waals surface area contributed by atoms with Gasteiger partial charge in [-0.25, -0.2) is 0 Å². The molecule has 0 bridgehead atoms. The molecule has 14 heavy (non-hydrogen) atoms. The quantitative estimate of drug-likeness (QED) is 0.703. The van der Waals surface area contributed by atoms with Gasteiger partial charge < -0.3 is 15.3 Å². The Bertz CT molecular complexity index is 233. The molecule has 3 heteroatoms. The van der Waals surface area contributed by atoms with Crippen LogP contribution in [0.5, 0.6) is 0 Å². The molecule has 0 amide bonds. The molecule has 0 fully saturated rings. The van der Waals surface area contributed by atoms with E-state index in [9.17, 15) is 5.11 Å². The Morgan fingerprint density at radius 2 is 1.86 bits per heavy atom. The van der Waals surface area contributed by atoms with E-state index in [4.69, 9.17) is 0 Å². The van der Waals surface area contributed by atoms with Crippen molar-refractivity contribution in [1.29, 1.82) is 0 Å². The highest BCUT2D eigenvalue weighted by Crippen LogP contribution is 2.25. The first kappa shape index (κ1) is 11.4. The molecule has 82 valence electrons. The van der Waals surface area contributed by atoms with Crippen LogP contribution in [0.2, 0.25) is 0 Å². The fraction of sp³-hybridized carbons (Fsp3) is 0.818. The summed E-state index contributed by atoms with van der Waals surface area (Å²) in [4.78, 5) is 2.15. The van der Waals surface area contributed by atoms with Crippen LogP contribution in [0, 0.1) is 11.8 Å². The first-order valence-corrected chi connectivity index (χ1v) is 5.33. The second-order valence-electron chi connectivity index (χ2n) is 4.65. The smallest absolute Gasteiger partial charge is 0.141 e. The normalized spacial score (nSPS) is 23.4. The summed E-state index contributed by atoms with van der Waals surface area (Å²) in [5, 5.41) is 12.8. The number of hydrogen-bond donors (Lipinski definition) is 2. The second-order valence-corrected chi connectivity index (χ2v) is 4.65. The van der Waals surface area contributed by atoms with Gasteiger partial charge in [-0.2, -0.15) is 0 Å².